The molecule has 18 heavy (non-hydrogen) atoms. The van der Waals surface area contributed by atoms with Gasteiger partial charge >= 0.3 is 12.0 Å². The van der Waals surface area contributed by atoms with Crippen molar-refractivity contribution < 1.29 is 14.7 Å². The standard InChI is InChI=1S/C13H26N2O3/c1-5-9-10(11(16)17)14-12(18)15-13(6-2,7-3)8-4/h10H,5-9H2,1-4H3,(H,16,17)(H2,14,15,18)/t10-/m1/s1. The highest BCUT2D eigenvalue weighted by molar-refractivity contribution is 5.82. The molecule has 5 heteroatoms. The van der Waals surface area contributed by atoms with Crippen molar-refractivity contribution in [3.8, 4) is 0 Å². The molecule has 0 aliphatic carbocycles. The maximum absolute atomic E-state index is 11.8. The molecule has 0 spiro atoms. The van der Waals surface area contributed by atoms with Crippen molar-refractivity contribution in [3.05, 3.63) is 0 Å². The molecule has 0 saturated heterocycles. The Labute approximate surface area is 109 Å². The van der Waals surface area contributed by atoms with E-state index in [-0.39, 0.29) is 11.6 Å². The fourth-order valence-electron chi connectivity index (χ4n) is 2.00. The van der Waals surface area contributed by atoms with Gasteiger partial charge in [0.15, 0.2) is 0 Å². The summed E-state index contributed by atoms with van der Waals surface area (Å²) in [4.78, 5) is 22.8. The number of carbonyl (C=O) groups excluding carboxylic acids is 1. The van der Waals surface area contributed by atoms with Crippen molar-refractivity contribution in [1.82, 2.24) is 10.6 Å². The first-order chi connectivity index (χ1) is 8.44. The minimum absolute atomic E-state index is 0.237. The molecule has 106 valence electrons. The van der Waals surface area contributed by atoms with Crippen LogP contribution < -0.4 is 10.6 Å². The third kappa shape index (κ3) is 4.94. The molecule has 0 rings (SSSR count). The zero-order valence-corrected chi connectivity index (χ0v) is 11.9. The van der Waals surface area contributed by atoms with Crippen molar-refractivity contribution in [1.29, 1.82) is 0 Å². The molecule has 0 radical (unpaired) electrons. The van der Waals surface area contributed by atoms with Gasteiger partial charge in [0.25, 0.3) is 0 Å². The molecule has 0 aliphatic heterocycles. The first-order valence-electron chi connectivity index (χ1n) is 6.76. The van der Waals surface area contributed by atoms with Crippen LogP contribution in [0.4, 0.5) is 4.79 Å². The topological polar surface area (TPSA) is 78.4 Å². The van der Waals surface area contributed by atoms with Crippen molar-refractivity contribution in [3.63, 3.8) is 0 Å². The number of amides is 2. The number of hydrogen-bond donors (Lipinski definition) is 3. The molecule has 0 unspecified atom stereocenters. The fraction of sp³-hybridized carbons (Fsp3) is 0.846. The Bertz CT molecular complexity index is 267. The van der Waals surface area contributed by atoms with E-state index in [9.17, 15) is 9.59 Å². The summed E-state index contributed by atoms with van der Waals surface area (Å²) in [5.74, 6) is -0.984. The van der Waals surface area contributed by atoms with Gasteiger partial charge in [-0.25, -0.2) is 9.59 Å². The summed E-state index contributed by atoms with van der Waals surface area (Å²) in [7, 11) is 0. The van der Waals surface area contributed by atoms with Crippen LogP contribution in [-0.4, -0.2) is 28.7 Å². The van der Waals surface area contributed by atoms with Crippen LogP contribution in [0.15, 0.2) is 0 Å². The molecule has 3 N–H and O–H groups in total. The van der Waals surface area contributed by atoms with Crippen LogP contribution in [0.25, 0.3) is 0 Å². The zero-order chi connectivity index (χ0) is 14.2. The van der Waals surface area contributed by atoms with E-state index >= 15 is 0 Å². The molecule has 0 aromatic carbocycles. The highest BCUT2D eigenvalue weighted by Gasteiger charge is 2.27. The molecule has 0 fully saturated rings. The highest BCUT2D eigenvalue weighted by Crippen LogP contribution is 2.18. The van der Waals surface area contributed by atoms with Crippen LogP contribution >= 0.6 is 0 Å². The molecular weight excluding hydrogens is 232 g/mol. The quantitative estimate of drug-likeness (QED) is 0.626. The van der Waals surface area contributed by atoms with Gasteiger partial charge in [-0.1, -0.05) is 34.1 Å². The van der Waals surface area contributed by atoms with Crippen LogP contribution in [0, 0.1) is 0 Å². The Morgan fingerprint density at radius 2 is 1.61 bits per heavy atom. The monoisotopic (exact) mass is 258 g/mol. The lowest BCUT2D eigenvalue weighted by Crippen LogP contribution is -2.54. The number of carboxylic acids is 1. The van der Waals surface area contributed by atoms with Crippen molar-refractivity contribution in [2.24, 2.45) is 0 Å². The third-order valence-electron chi connectivity index (χ3n) is 3.59. The molecule has 0 saturated carbocycles. The molecule has 2 amide bonds. The second-order valence-electron chi connectivity index (χ2n) is 4.62. The van der Waals surface area contributed by atoms with E-state index in [1.165, 1.54) is 0 Å². The predicted octanol–water partition coefficient (Wildman–Crippen LogP) is 2.51. The van der Waals surface area contributed by atoms with Gasteiger partial charge in [0.05, 0.1) is 0 Å². The largest absolute Gasteiger partial charge is 0.480 e. The molecule has 0 aromatic rings. The number of carbonyl (C=O) groups is 2. The summed E-state index contributed by atoms with van der Waals surface area (Å²) in [6, 6.07) is -1.19. The zero-order valence-electron chi connectivity index (χ0n) is 11.9. The van der Waals surface area contributed by atoms with Gasteiger partial charge in [0.1, 0.15) is 6.04 Å². The van der Waals surface area contributed by atoms with Gasteiger partial charge in [-0.3, -0.25) is 0 Å². The molecule has 0 aromatic heterocycles. The molecule has 0 aliphatic rings. The van der Waals surface area contributed by atoms with Gasteiger partial charge in [-0.05, 0) is 25.7 Å². The Morgan fingerprint density at radius 3 is 1.94 bits per heavy atom. The summed E-state index contributed by atoms with van der Waals surface area (Å²) in [6.07, 6.45) is 3.66. The lowest BCUT2D eigenvalue weighted by molar-refractivity contribution is -0.139. The minimum atomic E-state index is -0.984. The normalized spacial score (nSPS) is 12.9. The second kappa shape index (κ2) is 7.95. The Morgan fingerprint density at radius 1 is 1.11 bits per heavy atom. The summed E-state index contributed by atoms with van der Waals surface area (Å²) in [5, 5.41) is 14.4. The van der Waals surface area contributed by atoms with E-state index in [1.54, 1.807) is 0 Å². The first-order valence-corrected chi connectivity index (χ1v) is 6.76. The van der Waals surface area contributed by atoms with Crippen LogP contribution in [0.3, 0.4) is 0 Å². The lowest BCUT2D eigenvalue weighted by atomic mass is 9.90. The molecular formula is C13H26N2O3. The van der Waals surface area contributed by atoms with Gasteiger partial charge < -0.3 is 15.7 Å². The summed E-state index contributed by atoms with van der Waals surface area (Å²) in [6.45, 7) is 7.96. The molecule has 0 heterocycles. The third-order valence-corrected chi connectivity index (χ3v) is 3.59. The van der Waals surface area contributed by atoms with Crippen LogP contribution in [0.5, 0.6) is 0 Å². The second-order valence-corrected chi connectivity index (χ2v) is 4.62. The van der Waals surface area contributed by atoms with Crippen LogP contribution in [0.2, 0.25) is 0 Å². The SMILES string of the molecule is CCC[C@@H](NC(=O)NC(CC)(CC)CC)C(=O)O. The van der Waals surface area contributed by atoms with Gasteiger partial charge in [-0.15, -0.1) is 0 Å². The van der Waals surface area contributed by atoms with E-state index < -0.39 is 12.0 Å². The maximum Gasteiger partial charge on any atom is 0.326 e. The number of urea groups is 1. The van der Waals surface area contributed by atoms with Crippen LogP contribution in [0.1, 0.15) is 59.8 Å². The van der Waals surface area contributed by atoms with E-state index in [2.05, 4.69) is 10.6 Å². The van der Waals surface area contributed by atoms with E-state index in [4.69, 9.17) is 5.11 Å². The predicted molar refractivity (Wildman–Crippen MR) is 71.6 cm³/mol. The molecule has 1 atom stereocenters. The Kier molecular flexibility index (Phi) is 7.39. The Balaban J connectivity index is 4.51. The van der Waals surface area contributed by atoms with Gasteiger partial charge in [0, 0.05) is 5.54 Å². The summed E-state index contributed by atoms with van der Waals surface area (Å²) in [5.41, 5.74) is -0.237. The average molecular weight is 258 g/mol. The average Bonchev–Trinajstić information content (AvgIpc) is 2.35. The highest BCUT2D eigenvalue weighted by atomic mass is 16.4. The first kappa shape index (κ1) is 16.7. The number of rotatable bonds is 8. The minimum Gasteiger partial charge on any atom is -0.480 e. The number of aliphatic carboxylic acids is 1. The summed E-state index contributed by atoms with van der Waals surface area (Å²) >= 11 is 0. The van der Waals surface area contributed by atoms with Crippen LogP contribution in [-0.2, 0) is 4.79 Å². The smallest absolute Gasteiger partial charge is 0.326 e. The number of hydrogen-bond acceptors (Lipinski definition) is 2. The molecule has 5 nitrogen and oxygen atoms in total. The maximum atomic E-state index is 11.8. The van der Waals surface area contributed by atoms with Gasteiger partial charge in [-0.2, -0.15) is 0 Å². The molecule has 0 bridgehead atoms. The van der Waals surface area contributed by atoms with Crippen molar-refractivity contribution in [2.45, 2.75) is 71.4 Å². The lowest BCUT2D eigenvalue weighted by Gasteiger charge is -2.32. The summed E-state index contributed by atoms with van der Waals surface area (Å²) < 4.78 is 0. The van der Waals surface area contributed by atoms with Crippen molar-refractivity contribution >= 4 is 12.0 Å². The van der Waals surface area contributed by atoms with E-state index in [1.807, 2.05) is 27.7 Å². The Hall–Kier alpha value is -1.26. The number of nitrogens with one attached hydrogen (secondary N) is 2. The fourth-order valence-corrected chi connectivity index (χ4v) is 2.00. The van der Waals surface area contributed by atoms with E-state index in [0.29, 0.717) is 6.42 Å². The number of carboxylic acid groups (broad SMARTS) is 1. The van der Waals surface area contributed by atoms with Gasteiger partial charge in [0.2, 0.25) is 0 Å². The van der Waals surface area contributed by atoms with E-state index in [0.717, 1.165) is 25.7 Å². The van der Waals surface area contributed by atoms with Crippen molar-refractivity contribution in [2.75, 3.05) is 0 Å².